The minimum absolute atomic E-state index is 0.0103. The quantitative estimate of drug-likeness (QED) is 0.543. The van der Waals surface area contributed by atoms with Gasteiger partial charge < -0.3 is 15.2 Å². The van der Waals surface area contributed by atoms with Gasteiger partial charge in [-0.2, -0.15) is 0 Å². The lowest BCUT2D eigenvalue weighted by Gasteiger charge is -2.28. The van der Waals surface area contributed by atoms with Crippen molar-refractivity contribution >= 4 is 11.9 Å². The maximum Gasteiger partial charge on any atom is 0.326 e. The first-order valence-electron chi connectivity index (χ1n) is 4.59. The summed E-state index contributed by atoms with van der Waals surface area (Å²) in [5.41, 5.74) is -1.26. The lowest BCUT2D eigenvalue weighted by atomic mass is 10.0. The highest BCUT2D eigenvalue weighted by Gasteiger charge is 2.35. The second kappa shape index (κ2) is 5.67. The summed E-state index contributed by atoms with van der Waals surface area (Å²) < 4.78 is 4.81. The molecule has 0 aromatic rings. The summed E-state index contributed by atoms with van der Waals surface area (Å²) in [6, 6.07) is -0.591. The molecule has 2 atom stereocenters. The van der Waals surface area contributed by atoms with Crippen LogP contribution in [0.2, 0.25) is 0 Å². The van der Waals surface area contributed by atoms with Gasteiger partial charge in [-0.05, 0) is 13.8 Å². The molecular formula is C9H18N2O4. The average molecular weight is 218 g/mol. The second-order valence-corrected chi connectivity index (χ2v) is 3.55. The predicted octanol–water partition coefficient (Wildman–Crippen LogP) is -0.800. The monoisotopic (exact) mass is 218 g/mol. The van der Waals surface area contributed by atoms with Gasteiger partial charge in [-0.15, -0.1) is 0 Å². The molecule has 0 aliphatic carbocycles. The number of methoxy groups -OCH3 is 1. The van der Waals surface area contributed by atoms with Gasteiger partial charge in [0.1, 0.15) is 5.54 Å². The number of carbonyl (C=O) groups excluding carboxylic acids is 1. The van der Waals surface area contributed by atoms with Gasteiger partial charge in [-0.1, -0.05) is 0 Å². The SMILES string of the molecule is CNC(=O)C(C)NC(C)(COC)C(=O)O. The van der Waals surface area contributed by atoms with Crippen LogP contribution in [0.1, 0.15) is 13.8 Å². The van der Waals surface area contributed by atoms with Crippen LogP contribution in [0.3, 0.4) is 0 Å². The van der Waals surface area contributed by atoms with Crippen molar-refractivity contribution in [3.63, 3.8) is 0 Å². The third-order valence-corrected chi connectivity index (χ3v) is 2.08. The van der Waals surface area contributed by atoms with Gasteiger partial charge in [0, 0.05) is 14.2 Å². The van der Waals surface area contributed by atoms with E-state index in [9.17, 15) is 9.59 Å². The second-order valence-electron chi connectivity index (χ2n) is 3.55. The van der Waals surface area contributed by atoms with Crippen LogP contribution in [0.15, 0.2) is 0 Å². The van der Waals surface area contributed by atoms with E-state index in [2.05, 4.69) is 10.6 Å². The van der Waals surface area contributed by atoms with E-state index in [1.807, 2.05) is 0 Å². The Kier molecular flexibility index (Phi) is 5.24. The van der Waals surface area contributed by atoms with Gasteiger partial charge in [0.05, 0.1) is 12.6 Å². The van der Waals surface area contributed by atoms with Gasteiger partial charge in [-0.25, -0.2) is 0 Å². The zero-order valence-corrected chi connectivity index (χ0v) is 9.46. The normalized spacial score (nSPS) is 16.5. The van der Waals surface area contributed by atoms with E-state index < -0.39 is 17.6 Å². The summed E-state index contributed by atoms with van der Waals surface area (Å²) in [7, 11) is 2.91. The number of hydrogen-bond acceptors (Lipinski definition) is 4. The van der Waals surface area contributed by atoms with Crippen LogP contribution < -0.4 is 10.6 Å². The van der Waals surface area contributed by atoms with Crippen LogP contribution in [0.5, 0.6) is 0 Å². The minimum atomic E-state index is -1.26. The van der Waals surface area contributed by atoms with Gasteiger partial charge in [0.25, 0.3) is 0 Å². The van der Waals surface area contributed by atoms with E-state index in [0.29, 0.717) is 0 Å². The zero-order chi connectivity index (χ0) is 12.1. The number of rotatable bonds is 6. The van der Waals surface area contributed by atoms with Crippen molar-refractivity contribution in [2.24, 2.45) is 0 Å². The molecule has 0 aromatic carbocycles. The van der Waals surface area contributed by atoms with E-state index in [-0.39, 0.29) is 12.5 Å². The molecule has 0 aliphatic heterocycles. The fourth-order valence-corrected chi connectivity index (χ4v) is 1.21. The first kappa shape index (κ1) is 13.9. The number of hydrogen-bond donors (Lipinski definition) is 3. The van der Waals surface area contributed by atoms with Crippen molar-refractivity contribution in [3.05, 3.63) is 0 Å². The Morgan fingerprint density at radius 1 is 1.53 bits per heavy atom. The molecule has 2 unspecified atom stereocenters. The van der Waals surface area contributed by atoms with Gasteiger partial charge in [-0.3, -0.25) is 14.9 Å². The van der Waals surface area contributed by atoms with Crippen molar-refractivity contribution in [3.8, 4) is 0 Å². The van der Waals surface area contributed by atoms with E-state index in [4.69, 9.17) is 9.84 Å². The Morgan fingerprint density at radius 3 is 2.40 bits per heavy atom. The van der Waals surface area contributed by atoms with Crippen LogP contribution in [0.25, 0.3) is 0 Å². The molecule has 0 bridgehead atoms. The van der Waals surface area contributed by atoms with Gasteiger partial charge in [0.15, 0.2) is 0 Å². The molecule has 0 fully saturated rings. The molecule has 1 amide bonds. The van der Waals surface area contributed by atoms with Gasteiger partial charge >= 0.3 is 5.97 Å². The highest BCUT2D eigenvalue weighted by Crippen LogP contribution is 2.06. The van der Waals surface area contributed by atoms with Crippen LogP contribution in [-0.4, -0.2) is 49.3 Å². The summed E-state index contributed by atoms with van der Waals surface area (Å²) in [5.74, 6) is -1.32. The van der Waals surface area contributed by atoms with E-state index in [1.165, 1.54) is 21.1 Å². The average Bonchev–Trinajstić information content (AvgIpc) is 2.16. The predicted molar refractivity (Wildman–Crippen MR) is 54.6 cm³/mol. The fourth-order valence-electron chi connectivity index (χ4n) is 1.21. The molecule has 6 nitrogen and oxygen atoms in total. The molecule has 3 N–H and O–H groups in total. The lowest BCUT2D eigenvalue weighted by Crippen LogP contribution is -2.59. The Labute approximate surface area is 89.0 Å². The summed E-state index contributed by atoms with van der Waals surface area (Å²) in [4.78, 5) is 22.2. The highest BCUT2D eigenvalue weighted by molar-refractivity contribution is 5.83. The third kappa shape index (κ3) is 3.85. The van der Waals surface area contributed by atoms with Crippen LogP contribution in [-0.2, 0) is 14.3 Å². The smallest absolute Gasteiger partial charge is 0.326 e. The molecule has 88 valence electrons. The minimum Gasteiger partial charge on any atom is -0.480 e. The molecule has 0 radical (unpaired) electrons. The Bertz CT molecular complexity index is 244. The zero-order valence-electron chi connectivity index (χ0n) is 9.46. The first-order chi connectivity index (χ1) is 6.87. The third-order valence-electron chi connectivity index (χ3n) is 2.08. The van der Waals surface area contributed by atoms with Crippen molar-refractivity contribution in [1.29, 1.82) is 0 Å². The number of aliphatic carboxylic acids is 1. The first-order valence-corrected chi connectivity index (χ1v) is 4.59. The Hall–Kier alpha value is -1.14. The van der Waals surface area contributed by atoms with Gasteiger partial charge in [0.2, 0.25) is 5.91 Å². The number of ether oxygens (including phenoxy) is 1. The van der Waals surface area contributed by atoms with E-state index in [1.54, 1.807) is 6.92 Å². The molecule has 0 saturated carbocycles. The Balaban J connectivity index is 4.54. The molecule has 6 heteroatoms. The number of likely N-dealkylation sites (N-methyl/N-ethyl adjacent to an activating group) is 1. The molecule has 0 rings (SSSR count). The van der Waals surface area contributed by atoms with Crippen molar-refractivity contribution in [2.75, 3.05) is 20.8 Å². The summed E-state index contributed by atoms with van der Waals surface area (Å²) in [6.45, 7) is 3.05. The van der Waals surface area contributed by atoms with Crippen molar-refractivity contribution in [1.82, 2.24) is 10.6 Å². The van der Waals surface area contributed by atoms with Crippen molar-refractivity contribution in [2.45, 2.75) is 25.4 Å². The molecule has 0 saturated heterocycles. The van der Waals surface area contributed by atoms with Crippen LogP contribution >= 0.6 is 0 Å². The van der Waals surface area contributed by atoms with E-state index >= 15 is 0 Å². The van der Waals surface area contributed by atoms with Crippen LogP contribution in [0, 0.1) is 0 Å². The molecular weight excluding hydrogens is 200 g/mol. The van der Waals surface area contributed by atoms with E-state index in [0.717, 1.165) is 0 Å². The maximum atomic E-state index is 11.2. The number of carboxylic acids is 1. The molecule has 0 aliphatic rings. The standard InChI is InChI=1S/C9H18N2O4/c1-6(7(12)10-3)11-9(2,5-15-4)8(13)14/h6,11H,5H2,1-4H3,(H,10,12)(H,13,14). The van der Waals surface area contributed by atoms with Crippen LogP contribution in [0.4, 0.5) is 0 Å². The van der Waals surface area contributed by atoms with Crippen molar-refractivity contribution < 1.29 is 19.4 Å². The molecule has 0 heterocycles. The summed E-state index contributed by atoms with van der Waals surface area (Å²) >= 11 is 0. The molecule has 0 aromatic heterocycles. The summed E-state index contributed by atoms with van der Waals surface area (Å²) in [6.07, 6.45) is 0. The maximum absolute atomic E-state index is 11.2. The highest BCUT2D eigenvalue weighted by atomic mass is 16.5. The number of nitrogens with one attached hydrogen (secondary N) is 2. The number of amides is 1. The Morgan fingerprint density at radius 2 is 2.07 bits per heavy atom. The number of carboxylic acid groups (broad SMARTS) is 1. The number of carbonyl (C=O) groups is 2. The summed E-state index contributed by atoms with van der Waals surface area (Å²) in [5, 5.41) is 14.1. The molecule has 0 spiro atoms. The fraction of sp³-hybridized carbons (Fsp3) is 0.778. The lowest BCUT2D eigenvalue weighted by molar-refractivity contribution is -0.147. The largest absolute Gasteiger partial charge is 0.480 e. The molecule has 15 heavy (non-hydrogen) atoms. The topological polar surface area (TPSA) is 87.7 Å².